The second-order valence-corrected chi connectivity index (χ2v) is 9.21. The lowest BCUT2D eigenvalue weighted by molar-refractivity contribution is -0.156. The summed E-state index contributed by atoms with van der Waals surface area (Å²) in [5.74, 6) is 1.50. The molecule has 27 heavy (non-hydrogen) atoms. The highest BCUT2D eigenvalue weighted by atomic mass is 16.2. The number of nitrogens with one attached hydrogen (secondary N) is 1. The second kappa shape index (κ2) is 6.14. The van der Waals surface area contributed by atoms with Crippen molar-refractivity contribution in [2.75, 3.05) is 0 Å². The van der Waals surface area contributed by atoms with Crippen molar-refractivity contribution in [1.82, 2.24) is 25.1 Å². The van der Waals surface area contributed by atoms with Gasteiger partial charge in [0.05, 0.1) is 11.0 Å². The molecule has 1 N–H and O–H groups in total. The van der Waals surface area contributed by atoms with Crippen LogP contribution in [0.5, 0.6) is 0 Å². The number of hydrogen-bond donors (Lipinski definition) is 1. The molecule has 0 radical (unpaired) electrons. The van der Waals surface area contributed by atoms with E-state index < -0.39 is 0 Å². The van der Waals surface area contributed by atoms with Crippen molar-refractivity contribution in [2.45, 2.75) is 63.5 Å². The summed E-state index contributed by atoms with van der Waals surface area (Å²) in [5.41, 5.74) is 0.770. The predicted molar refractivity (Wildman–Crippen MR) is 101 cm³/mol. The van der Waals surface area contributed by atoms with Crippen molar-refractivity contribution in [2.24, 2.45) is 17.3 Å². The third-order valence-electron chi connectivity index (χ3n) is 7.04. The number of pyridine rings is 1. The highest BCUT2D eigenvalue weighted by molar-refractivity contribution is 5.83. The minimum Gasteiger partial charge on any atom is -0.353 e. The van der Waals surface area contributed by atoms with E-state index >= 15 is 0 Å². The fourth-order valence-electron chi connectivity index (χ4n) is 6.46. The first kappa shape index (κ1) is 16.9. The minimum atomic E-state index is -0.242. The van der Waals surface area contributed by atoms with Crippen molar-refractivity contribution < 1.29 is 4.79 Å². The van der Waals surface area contributed by atoms with Crippen molar-refractivity contribution in [3.63, 3.8) is 0 Å². The molecule has 4 fully saturated rings. The van der Waals surface area contributed by atoms with E-state index in [-0.39, 0.29) is 22.9 Å². The van der Waals surface area contributed by atoms with Gasteiger partial charge in [0.25, 0.3) is 0 Å². The van der Waals surface area contributed by atoms with Crippen LogP contribution in [0.25, 0.3) is 0 Å². The Labute approximate surface area is 159 Å². The Kier molecular flexibility index (Phi) is 3.85. The molecule has 4 saturated carbocycles. The van der Waals surface area contributed by atoms with Crippen molar-refractivity contribution >= 4 is 5.91 Å². The van der Waals surface area contributed by atoms with E-state index in [1.165, 1.54) is 6.42 Å². The minimum absolute atomic E-state index is 0.0118. The molecule has 2 aromatic rings. The maximum absolute atomic E-state index is 13.4. The lowest BCUT2D eigenvalue weighted by Gasteiger charge is -2.61. The Morgan fingerprint density at radius 1 is 1.30 bits per heavy atom. The van der Waals surface area contributed by atoms with Gasteiger partial charge in [-0.25, -0.2) is 9.67 Å². The molecule has 6 nitrogen and oxygen atoms in total. The number of carbonyl (C=O) groups is 1. The van der Waals surface area contributed by atoms with E-state index in [1.54, 1.807) is 6.33 Å². The van der Waals surface area contributed by atoms with Crippen LogP contribution in [0.2, 0.25) is 0 Å². The molecule has 0 aliphatic heterocycles. The molecule has 142 valence electrons. The van der Waals surface area contributed by atoms with Gasteiger partial charge in [0.1, 0.15) is 12.7 Å². The molecule has 1 amide bonds. The topological polar surface area (TPSA) is 72.7 Å². The zero-order valence-corrected chi connectivity index (χ0v) is 15.8. The highest BCUT2D eigenvalue weighted by Crippen LogP contribution is 2.64. The molecule has 2 aromatic heterocycles. The van der Waals surface area contributed by atoms with Gasteiger partial charge < -0.3 is 5.32 Å². The number of rotatable bonds is 5. The smallest absolute Gasteiger partial charge is 0.226 e. The van der Waals surface area contributed by atoms with Crippen LogP contribution in [0.3, 0.4) is 0 Å². The number of hydrogen-bond acceptors (Lipinski definition) is 4. The van der Waals surface area contributed by atoms with Crippen LogP contribution in [0.15, 0.2) is 37.1 Å². The van der Waals surface area contributed by atoms with Crippen LogP contribution in [0.1, 0.15) is 51.1 Å². The average molecular weight is 365 g/mol. The predicted octanol–water partition coefficient (Wildman–Crippen LogP) is 2.72. The molecule has 6 rings (SSSR count). The number of nitrogens with zero attached hydrogens (tertiary/aromatic N) is 4. The zero-order valence-electron chi connectivity index (χ0n) is 15.8. The van der Waals surface area contributed by atoms with Crippen molar-refractivity contribution in [1.29, 1.82) is 0 Å². The lowest BCUT2D eigenvalue weighted by atomic mass is 9.46. The summed E-state index contributed by atoms with van der Waals surface area (Å²) in [4.78, 5) is 22.0. The first-order valence-electron chi connectivity index (χ1n) is 10.1. The molecule has 2 unspecified atom stereocenters. The fourth-order valence-corrected chi connectivity index (χ4v) is 6.46. The quantitative estimate of drug-likeness (QED) is 0.884. The molecular weight excluding hydrogens is 338 g/mol. The largest absolute Gasteiger partial charge is 0.353 e. The Balaban J connectivity index is 1.35. The molecule has 4 aliphatic rings. The normalized spacial score (nSPS) is 35.1. The summed E-state index contributed by atoms with van der Waals surface area (Å²) >= 11 is 0. The van der Waals surface area contributed by atoms with Crippen LogP contribution >= 0.6 is 0 Å². The molecule has 0 saturated heterocycles. The summed E-state index contributed by atoms with van der Waals surface area (Å²) in [7, 11) is 0. The molecular formula is C21H27N5O. The fraction of sp³-hybridized carbons (Fsp3) is 0.619. The molecule has 4 aliphatic carbocycles. The van der Waals surface area contributed by atoms with Gasteiger partial charge in [0, 0.05) is 24.4 Å². The third-order valence-corrected chi connectivity index (χ3v) is 7.04. The van der Waals surface area contributed by atoms with Gasteiger partial charge in [-0.05, 0) is 69.4 Å². The van der Waals surface area contributed by atoms with E-state index in [2.05, 4.69) is 32.0 Å². The van der Waals surface area contributed by atoms with Crippen LogP contribution in [-0.2, 0) is 16.8 Å². The molecule has 0 spiro atoms. The van der Waals surface area contributed by atoms with Gasteiger partial charge in [-0.15, -0.1) is 0 Å². The van der Waals surface area contributed by atoms with Crippen LogP contribution < -0.4 is 5.32 Å². The molecule has 2 heterocycles. The Morgan fingerprint density at radius 2 is 2.11 bits per heavy atom. The van der Waals surface area contributed by atoms with Crippen LogP contribution in [-0.4, -0.2) is 31.7 Å². The van der Waals surface area contributed by atoms with Crippen LogP contribution in [0, 0.1) is 17.3 Å². The summed E-state index contributed by atoms with van der Waals surface area (Å²) < 4.78 is 2.06. The van der Waals surface area contributed by atoms with Gasteiger partial charge in [-0.2, -0.15) is 5.10 Å². The Bertz CT molecular complexity index is 804. The van der Waals surface area contributed by atoms with Gasteiger partial charge in [-0.1, -0.05) is 6.07 Å². The summed E-state index contributed by atoms with van der Waals surface area (Å²) in [5, 5.41) is 7.80. The lowest BCUT2D eigenvalue weighted by Crippen LogP contribution is -2.61. The first-order chi connectivity index (χ1) is 13.1. The van der Waals surface area contributed by atoms with Crippen molar-refractivity contribution in [3.8, 4) is 0 Å². The van der Waals surface area contributed by atoms with Gasteiger partial charge in [-0.3, -0.25) is 9.78 Å². The summed E-state index contributed by atoms with van der Waals surface area (Å²) in [6.07, 6.45) is 12.6. The van der Waals surface area contributed by atoms with E-state index in [0.717, 1.165) is 44.2 Å². The van der Waals surface area contributed by atoms with Crippen molar-refractivity contribution in [3.05, 3.63) is 42.7 Å². The molecule has 5 atom stereocenters. The number of amides is 1. The average Bonchev–Trinajstić information content (AvgIpc) is 3.17. The molecule has 0 aromatic carbocycles. The number of aromatic nitrogens is 4. The van der Waals surface area contributed by atoms with Gasteiger partial charge in [0.2, 0.25) is 5.91 Å². The highest BCUT2D eigenvalue weighted by Gasteiger charge is 2.61. The SMILES string of the molecule is C[C@@H](Cc1ccccn1)NC(=O)C12C[C@H]3C[C@@H](C1)CC(n1cncn1)(C3)C2. The Hall–Kier alpha value is -2.24. The van der Waals surface area contributed by atoms with Gasteiger partial charge >= 0.3 is 0 Å². The Morgan fingerprint density at radius 3 is 2.78 bits per heavy atom. The molecule has 4 bridgehead atoms. The third kappa shape index (κ3) is 2.86. The standard InChI is InChI=1S/C21H27N5O/c1-15(6-18-4-2-3-5-23-18)25-19(27)20-8-16-7-17(9-20)11-21(10-16,12-20)26-14-22-13-24-26/h2-5,13-17H,6-12H2,1H3,(H,25,27)/t15-,16-,17+,20?,21?/m0/s1. The molecule has 6 heteroatoms. The maximum Gasteiger partial charge on any atom is 0.226 e. The van der Waals surface area contributed by atoms with E-state index in [0.29, 0.717) is 11.8 Å². The number of carbonyl (C=O) groups excluding carboxylic acids is 1. The van der Waals surface area contributed by atoms with E-state index in [1.807, 2.05) is 30.7 Å². The van der Waals surface area contributed by atoms with Crippen LogP contribution in [0.4, 0.5) is 0 Å². The second-order valence-electron chi connectivity index (χ2n) is 9.21. The van der Waals surface area contributed by atoms with Gasteiger partial charge in [0.15, 0.2) is 0 Å². The maximum atomic E-state index is 13.4. The zero-order chi connectivity index (χ0) is 18.5. The van der Waals surface area contributed by atoms with E-state index in [9.17, 15) is 4.79 Å². The van der Waals surface area contributed by atoms with E-state index in [4.69, 9.17) is 0 Å². The summed E-state index contributed by atoms with van der Waals surface area (Å²) in [6.45, 7) is 2.08. The monoisotopic (exact) mass is 365 g/mol. The summed E-state index contributed by atoms with van der Waals surface area (Å²) in [6, 6.07) is 6.03. The first-order valence-corrected chi connectivity index (χ1v) is 10.1.